The van der Waals surface area contributed by atoms with Crippen molar-refractivity contribution in [3.05, 3.63) is 33.8 Å². The Hall–Kier alpha value is -1.60. The van der Waals surface area contributed by atoms with E-state index < -0.39 is 6.04 Å². The first kappa shape index (κ1) is 10.9. The van der Waals surface area contributed by atoms with Crippen LogP contribution in [0.4, 0.5) is 0 Å². The van der Waals surface area contributed by atoms with Gasteiger partial charge in [0.1, 0.15) is 0 Å². The Balaban J connectivity index is 2.53. The SMILES string of the molecule is C#CC(C)N1C(=O)c2ccc(Br)cc2C1=O. The molecule has 1 aromatic rings. The highest BCUT2D eigenvalue weighted by atomic mass is 79.9. The smallest absolute Gasteiger partial charge is 0.262 e. The standard InChI is InChI=1S/C12H8BrNO2/c1-3-7(2)14-11(15)9-5-4-8(13)6-10(9)12(14)16/h1,4-7H,2H3. The van der Waals surface area contributed by atoms with Gasteiger partial charge in [-0.1, -0.05) is 21.9 Å². The Kier molecular flexibility index (Phi) is 2.56. The number of fused-ring (bicyclic) bond motifs is 1. The molecule has 2 rings (SSSR count). The molecule has 0 bridgehead atoms. The van der Waals surface area contributed by atoms with E-state index in [0.717, 1.165) is 9.37 Å². The third-order valence-corrected chi connectivity index (χ3v) is 3.00. The number of hydrogen-bond donors (Lipinski definition) is 0. The molecule has 0 aliphatic carbocycles. The fourth-order valence-corrected chi connectivity index (χ4v) is 2.02. The van der Waals surface area contributed by atoms with Crippen molar-refractivity contribution in [3.8, 4) is 12.3 Å². The lowest BCUT2D eigenvalue weighted by atomic mass is 10.1. The third-order valence-electron chi connectivity index (χ3n) is 2.51. The molecule has 3 nitrogen and oxygen atoms in total. The number of terminal acetylenes is 1. The summed E-state index contributed by atoms with van der Waals surface area (Å²) < 4.78 is 0.766. The average molecular weight is 278 g/mol. The number of carbonyl (C=O) groups excluding carboxylic acids is 2. The van der Waals surface area contributed by atoms with Crippen LogP contribution in [0.15, 0.2) is 22.7 Å². The number of imide groups is 1. The summed E-state index contributed by atoms with van der Waals surface area (Å²) in [6, 6.07) is 4.47. The molecule has 1 unspecified atom stereocenters. The fourth-order valence-electron chi connectivity index (χ4n) is 1.66. The molecule has 0 N–H and O–H groups in total. The van der Waals surface area contributed by atoms with E-state index in [-0.39, 0.29) is 11.8 Å². The van der Waals surface area contributed by atoms with Crippen molar-refractivity contribution in [3.63, 3.8) is 0 Å². The summed E-state index contributed by atoms with van der Waals surface area (Å²) in [5, 5.41) is 0. The van der Waals surface area contributed by atoms with Gasteiger partial charge in [-0.25, -0.2) is 0 Å². The number of amides is 2. The van der Waals surface area contributed by atoms with E-state index in [1.165, 1.54) is 0 Å². The van der Waals surface area contributed by atoms with E-state index in [4.69, 9.17) is 6.42 Å². The van der Waals surface area contributed by atoms with Crippen molar-refractivity contribution in [2.24, 2.45) is 0 Å². The molecule has 1 atom stereocenters. The van der Waals surface area contributed by atoms with Crippen LogP contribution in [0.2, 0.25) is 0 Å². The first-order valence-electron chi connectivity index (χ1n) is 4.70. The third kappa shape index (κ3) is 1.44. The largest absolute Gasteiger partial charge is 0.269 e. The molecular formula is C12H8BrNO2. The fraction of sp³-hybridized carbons (Fsp3) is 0.167. The maximum atomic E-state index is 11.9. The van der Waals surface area contributed by atoms with Crippen molar-refractivity contribution < 1.29 is 9.59 Å². The Morgan fingerprint density at radius 2 is 1.94 bits per heavy atom. The van der Waals surface area contributed by atoms with E-state index >= 15 is 0 Å². The second-order valence-corrected chi connectivity index (χ2v) is 4.43. The van der Waals surface area contributed by atoms with Crippen LogP contribution in [-0.2, 0) is 0 Å². The lowest BCUT2D eigenvalue weighted by molar-refractivity contribution is 0.0630. The maximum Gasteiger partial charge on any atom is 0.262 e. The summed E-state index contributed by atoms with van der Waals surface area (Å²) in [4.78, 5) is 25.0. The minimum absolute atomic E-state index is 0.321. The minimum atomic E-state index is -0.522. The lowest BCUT2D eigenvalue weighted by Gasteiger charge is -2.16. The highest BCUT2D eigenvalue weighted by Crippen LogP contribution is 2.27. The number of nitrogens with zero attached hydrogens (tertiary/aromatic N) is 1. The van der Waals surface area contributed by atoms with Crippen LogP contribution in [0.25, 0.3) is 0 Å². The van der Waals surface area contributed by atoms with Crippen molar-refractivity contribution in [1.29, 1.82) is 0 Å². The molecule has 0 spiro atoms. The quantitative estimate of drug-likeness (QED) is 0.582. The molecule has 0 saturated carbocycles. The molecule has 0 fully saturated rings. The zero-order chi connectivity index (χ0) is 11.9. The number of carbonyl (C=O) groups is 2. The molecular weight excluding hydrogens is 270 g/mol. The van der Waals surface area contributed by atoms with Gasteiger partial charge in [-0.15, -0.1) is 6.42 Å². The molecule has 0 radical (unpaired) electrons. The summed E-state index contributed by atoms with van der Waals surface area (Å²) in [6.45, 7) is 1.65. The monoisotopic (exact) mass is 277 g/mol. The van der Waals surface area contributed by atoms with Crippen LogP contribution in [0.1, 0.15) is 27.6 Å². The van der Waals surface area contributed by atoms with Gasteiger partial charge in [-0.05, 0) is 25.1 Å². The summed E-state index contributed by atoms with van der Waals surface area (Å²) in [6.07, 6.45) is 5.24. The van der Waals surface area contributed by atoms with E-state index in [0.29, 0.717) is 11.1 Å². The van der Waals surface area contributed by atoms with Gasteiger partial charge >= 0.3 is 0 Å². The predicted octanol–water partition coefficient (Wildman–Crippen LogP) is 2.07. The number of hydrogen-bond acceptors (Lipinski definition) is 2. The van der Waals surface area contributed by atoms with Gasteiger partial charge in [-0.3, -0.25) is 14.5 Å². The van der Waals surface area contributed by atoms with E-state index in [9.17, 15) is 9.59 Å². The molecule has 16 heavy (non-hydrogen) atoms. The Morgan fingerprint density at radius 3 is 2.56 bits per heavy atom. The molecule has 1 aliphatic heterocycles. The Bertz CT molecular complexity index is 530. The first-order valence-corrected chi connectivity index (χ1v) is 5.49. The van der Waals surface area contributed by atoms with Crippen LogP contribution in [-0.4, -0.2) is 22.8 Å². The van der Waals surface area contributed by atoms with Gasteiger partial charge in [0.15, 0.2) is 0 Å². The van der Waals surface area contributed by atoms with Crippen molar-refractivity contribution in [1.82, 2.24) is 4.90 Å². The predicted molar refractivity (Wildman–Crippen MR) is 62.9 cm³/mol. The first-order chi connectivity index (χ1) is 7.56. The molecule has 4 heteroatoms. The molecule has 80 valence electrons. The van der Waals surface area contributed by atoms with Crippen molar-refractivity contribution >= 4 is 27.7 Å². The van der Waals surface area contributed by atoms with Crippen LogP contribution < -0.4 is 0 Å². The highest BCUT2D eigenvalue weighted by Gasteiger charge is 2.37. The van der Waals surface area contributed by atoms with Crippen molar-refractivity contribution in [2.75, 3.05) is 0 Å². The average Bonchev–Trinajstić information content (AvgIpc) is 2.51. The lowest BCUT2D eigenvalue weighted by Crippen LogP contribution is -2.36. The molecule has 1 heterocycles. The van der Waals surface area contributed by atoms with Gasteiger partial charge in [0.2, 0.25) is 0 Å². The summed E-state index contributed by atoms with van der Waals surface area (Å²) in [7, 11) is 0. The van der Waals surface area contributed by atoms with E-state index in [1.54, 1.807) is 25.1 Å². The summed E-state index contributed by atoms with van der Waals surface area (Å²) >= 11 is 3.26. The van der Waals surface area contributed by atoms with Gasteiger partial charge in [-0.2, -0.15) is 0 Å². The number of benzene rings is 1. The minimum Gasteiger partial charge on any atom is -0.269 e. The summed E-state index contributed by atoms with van der Waals surface area (Å²) in [5.41, 5.74) is 0.816. The number of rotatable bonds is 1. The van der Waals surface area contributed by atoms with Crippen LogP contribution in [0.3, 0.4) is 0 Å². The maximum absolute atomic E-state index is 11.9. The van der Waals surface area contributed by atoms with E-state index in [1.807, 2.05) is 0 Å². The van der Waals surface area contributed by atoms with Crippen LogP contribution in [0, 0.1) is 12.3 Å². The van der Waals surface area contributed by atoms with Gasteiger partial charge in [0.05, 0.1) is 17.2 Å². The van der Waals surface area contributed by atoms with Crippen LogP contribution >= 0.6 is 15.9 Å². The Labute approximate surface area is 102 Å². The van der Waals surface area contributed by atoms with E-state index in [2.05, 4.69) is 21.9 Å². The topological polar surface area (TPSA) is 37.4 Å². The molecule has 1 aliphatic rings. The van der Waals surface area contributed by atoms with Gasteiger partial charge in [0.25, 0.3) is 11.8 Å². The van der Waals surface area contributed by atoms with Gasteiger partial charge < -0.3 is 0 Å². The Morgan fingerprint density at radius 1 is 1.31 bits per heavy atom. The molecule has 0 saturated heterocycles. The molecule has 1 aromatic carbocycles. The second-order valence-electron chi connectivity index (χ2n) is 3.51. The second kappa shape index (κ2) is 3.76. The van der Waals surface area contributed by atoms with Gasteiger partial charge in [0, 0.05) is 4.47 Å². The normalized spacial score (nSPS) is 15.9. The summed E-state index contributed by atoms with van der Waals surface area (Å²) in [5.74, 6) is 1.74. The van der Waals surface area contributed by atoms with Crippen LogP contribution in [0.5, 0.6) is 0 Å². The zero-order valence-corrected chi connectivity index (χ0v) is 10.1. The zero-order valence-electron chi connectivity index (χ0n) is 8.53. The highest BCUT2D eigenvalue weighted by molar-refractivity contribution is 9.10. The molecule has 0 aromatic heterocycles. The van der Waals surface area contributed by atoms with Crippen molar-refractivity contribution in [2.45, 2.75) is 13.0 Å². The number of halogens is 1. The molecule has 2 amide bonds.